The van der Waals surface area contributed by atoms with E-state index in [-0.39, 0.29) is 35.3 Å². The quantitative estimate of drug-likeness (QED) is 0.226. The Kier molecular flexibility index (Phi) is 6.06. The zero-order valence-corrected chi connectivity index (χ0v) is 25.0. The maximum absolute atomic E-state index is 16.6. The highest BCUT2D eigenvalue weighted by Gasteiger charge is 2.56. The molecule has 4 atom stereocenters. The van der Waals surface area contributed by atoms with Crippen LogP contribution in [0.4, 0.5) is 14.0 Å². The molecule has 43 heavy (non-hydrogen) atoms. The minimum absolute atomic E-state index is 0.115. The number of amides is 2. The summed E-state index contributed by atoms with van der Waals surface area (Å²) in [7, 11) is 1.38. The van der Waals surface area contributed by atoms with E-state index in [1.165, 1.54) is 35.1 Å². The number of aromatic nitrogens is 4. The van der Waals surface area contributed by atoms with E-state index in [9.17, 15) is 14.7 Å². The SMILES string of the molecule is COC(=O)N1CCCC1c1cc2c(SC)nc3c(F)c(-c4cccc5scnc45)ncc3c2n1[C@H]1[C@@H]2C[C@H]1N(C(=O)O)C2. The van der Waals surface area contributed by atoms with Crippen LogP contribution in [0.5, 0.6) is 0 Å². The number of thioether (sulfide) groups is 1. The van der Waals surface area contributed by atoms with E-state index in [1.54, 1.807) is 16.6 Å². The number of thiazole rings is 1. The maximum Gasteiger partial charge on any atom is 0.410 e. The van der Waals surface area contributed by atoms with Gasteiger partial charge in [-0.2, -0.15) is 0 Å². The van der Waals surface area contributed by atoms with Crippen LogP contribution in [0.25, 0.3) is 43.3 Å². The van der Waals surface area contributed by atoms with Crippen molar-refractivity contribution in [1.82, 2.24) is 29.3 Å². The molecule has 9 rings (SSSR count). The van der Waals surface area contributed by atoms with Crippen LogP contribution in [0.1, 0.15) is 37.0 Å². The van der Waals surface area contributed by atoms with Gasteiger partial charge in [-0.15, -0.1) is 23.1 Å². The van der Waals surface area contributed by atoms with Gasteiger partial charge in [-0.25, -0.2) is 23.9 Å². The summed E-state index contributed by atoms with van der Waals surface area (Å²) in [5.74, 6) is -0.408. The Labute approximate surface area is 253 Å². The third kappa shape index (κ3) is 3.73. The highest BCUT2D eigenvalue weighted by atomic mass is 32.2. The fourth-order valence-electron chi connectivity index (χ4n) is 7.51. The second kappa shape index (κ2) is 9.78. The minimum Gasteiger partial charge on any atom is -0.465 e. The predicted octanol–water partition coefficient (Wildman–Crippen LogP) is 6.55. The van der Waals surface area contributed by atoms with Crippen molar-refractivity contribution < 1.29 is 23.8 Å². The molecule has 2 amide bonds. The first-order valence-corrected chi connectivity index (χ1v) is 16.3. The van der Waals surface area contributed by atoms with Gasteiger partial charge in [0.15, 0.2) is 5.82 Å². The van der Waals surface area contributed by atoms with Crippen molar-refractivity contribution in [3.63, 3.8) is 0 Å². The molecule has 2 bridgehead atoms. The number of fused-ring (bicyclic) bond motifs is 5. The van der Waals surface area contributed by atoms with E-state index in [0.717, 1.165) is 40.6 Å². The summed E-state index contributed by atoms with van der Waals surface area (Å²) < 4.78 is 24.9. The molecule has 3 saturated heterocycles. The van der Waals surface area contributed by atoms with E-state index >= 15 is 4.39 Å². The van der Waals surface area contributed by atoms with Gasteiger partial charge in [0.2, 0.25) is 0 Å². The number of carboxylic acid groups (broad SMARTS) is 1. The van der Waals surface area contributed by atoms with Gasteiger partial charge in [-0.1, -0.05) is 12.1 Å². The van der Waals surface area contributed by atoms with Crippen LogP contribution in [0.15, 0.2) is 41.0 Å². The summed E-state index contributed by atoms with van der Waals surface area (Å²) in [6, 6.07) is 7.10. The molecule has 1 aromatic carbocycles. The van der Waals surface area contributed by atoms with E-state index in [1.807, 2.05) is 24.5 Å². The Hall–Kier alpha value is -3.97. The molecule has 1 aliphatic carbocycles. The van der Waals surface area contributed by atoms with Crippen molar-refractivity contribution in [1.29, 1.82) is 0 Å². The number of halogens is 1. The van der Waals surface area contributed by atoms with Crippen molar-refractivity contribution >= 4 is 67.3 Å². The number of carbonyl (C=O) groups is 2. The Morgan fingerprint density at radius 2 is 2.05 bits per heavy atom. The Balaban J connectivity index is 1.40. The standard InChI is InChI=1S/C30H27FN6O4S2/c1-41-30(40)35-8-4-6-18(35)19-10-16-27(37(19)26-14-9-20(26)36(12-14)29(38)39)17-11-32-24(22(31)25(17)34-28(16)42-2)15-5-3-7-21-23(15)33-13-43-21/h3,5,7,10-11,13-14,18,20,26H,4,6,8-9,12H2,1-2H3,(H,38,39)/t14-,18?,20-,26+/m1/s1. The van der Waals surface area contributed by atoms with Crippen LogP contribution >= 0.6 is 23.1 Å². The predicted molar refractivity (Wildman–Crippen MR) is 162 cm³/mol. The van der Waals surface area contributed by atoms with Crippen LogP contribution in [0.3, 0.4) is 0 Å². The molecule has 1 saturated carbocycles. The molecule has 7 heterocycles. The molecular formula is C30H27FN6O4S2. The third-order valence-electron chi connectivity index (χ3n) is 9.37. The number of nitrogens with zero attached hydrogens (tertiary/aromatic N) is 6. The molecule has 4 aromatic heterocycles. The van der Waals surface area contributed by atoms with Gasteiger partial charge in [0.05, 0.1) is 46.5 Å². The van der Waals surface area contributed by atoms with Gasteiger partial charge in [-0.05, 0) is 37.7 Å². The number of likely N-dealkylation sites (tertiary alicyclic amines) is 1. The van der Waals surface area contributed by atoms with Crippen LogP contribution in [0, 0.1) is 11.7 Å². The first-order chi connectivity index (χ1) is 20.9. The number of pyridine rings is 2. The average Bonchev–Trinajstić information content (AvgIpc) is 3.83. The minimum atomic E-state index is -0.935. The second-order valence-electron chi connectivity index (χ2n) is 11.3. The maximum atomic E-state index is 16.6. The van der Waals surface area contributed by atoms with Crippen molar-refractivity contribution in [3.8, 4) is 11.3 Å². The molecule has 3 aliphatic heterocycles. The van der Waals surface area contributed by atoms with E-state index in [0.29, 0.717) is 34.6 Å². The van der Waals surface area contributed by atoms with Gasteiger partial charge < -0.3 is 19.3 Å². The summed E-state index contributed by atoms with van der Waals surface area (Å²) in [5.41, 5.74) is 5.11. The van der Waals surface area contributed by atoms with Gasteiger partial charge in [-0.3, -0.25) is 9.88 Å². The number of carbonyl (C=O) groups excluding carboxylic acids is 1. The van der Waals surface area contributed by atoms with Crippen molar-refractivity contribution in [2.24, 2.45) is 5.92 Å². The lowest BCUT2D eigenvalue weighted by Crippen LogP contribution is -2.43. The number of ether oxygens (including phenoxy) is 1. The van der Waals surface area contributed by atoms with Crippen LogP contribution in [0.2, 0.25) is 0 Å². The highest BCUT2D eigenvalue weighted by Crippen LogP contribution is 2.54. The van der Waals surface area contributed by atoms with E-state index < -0.39 is 18.0 Å². The zero-order valence-electron chi connectivity index (χ0n) is 23.4. The number of benzene rings is 1. The summed E-state index contributed by atoms with van der Waals surface area (Å²) in [6.45, 7) is 1.01. The Morgan fingerprint density at radius 1 is 1.19 bits per heavy atom. The summed E-state index contributed by atoms with van der Waals surface area (Å²) in [4.78, 5) is 42.1. The third-order valence-corrected chi connectivity index (χ3v) is 10.9. The van der Waals surface area contributed by atoms with Crippen molar-refractivity contribution in [3.05, 3.63) is 47.5 Å². The van der Waals surface area contributed by atoms with Crippen LogP contribution in [-0.4, -0.2) is 79.1 Å². The molecule has 0 spiro atoms. The number of hydrogen-bond donors (Lipinski definition) is 1. The van der Waals surface area contributed by atoms with Gasteiger partial charge in [0.25, 0.3) is 0 Å². The largest absolute Gasteiger partial charge is 0.465 e. The normalized spacial score (nSPS) is 23.0. The molecule has 4 aliphatic rings. The fourth-order valence-corrected chi connectivity index (χ4v) is 8.77. The monoisotopic (exact) mass is 618 g/mol. The smallest absolute Gasteiger partial charge is 0.410 e. The van der Waals surface area contributed by atoms with Crippen molar-refractivity contribution in [2.75, 3.05) is 26.5 Å². The topological polar surface area (TPSA) is 114 Å². The first-order valence-electron chi connectivity index (χ1n) is 14.1. The molecule has 13 heteroatoms. The first kappa shape index (κ1) is 26.6. The summed E-state index contributed by atoms with van der Waals surface area (Å²) in [5, 5.41) is 12.0. The molecular weight excluding hydrogens is 592 g/mol. The zero-order chi connectivity index (χ0) is 29.6. The number of rotatable bonds is 4. The highest BCUT2D eigenvalue weighted by molar-refractivity contribution is 7.98. The molecule has 1 N–H and O–H groups in total. The molecule has 0 radical (unpaired) electrons. The van der Waals surface area contributed by atoms with Gasteiger partial charge >= 0.3 is 12.2 Å². The van der Waals surface area contributed by atoms with Crippen LogP contribution < -0.4 is 0 Å². The lowest BCUT2D eigenvalue weighted by molar-refractivity contribution is 0.112. The Morgan fingerprint density at radius 3 is 2.81 bits per heavy atom. The molecule has 220 valence electrons. The molecule has 4 fully saturated rings. The van der Waals surface area contributed by atoms with Crippen LogP contribution in [-0.2, 0) is 4.74 Å². The summed E-state index contributed by atoms with van der Waals surface area (Å²) in [6.07, 6.45) is 4.59. The Bertz CT molecular complexity index is 1980. The number of methoxy groups -OCH3 is 1. The lowest BCUT2D eigenvalue weighted by atomic mass is 9.79. The second-order valence-corrected chi connectivity index (χ2v) is 13.0. The fraction of sp³-hybridized carbons (Fsp3) is 0.367. The van der Waals surface area contributed by atoms with Gasteiger partial charge in [0.1, 0.15) is 16.2 Å². The lowest BCUT2D eigenvalue weighted by Gasteiger charge is -2.40. The molecule has 10 nitrogen and oxygen atoms in total. The molecule has 1 unspecified atom stereocenters. The number of hydrogen-bond acceptors (Lipinski definition) is 8. The van der Waals surface area contributed by atoms with E-state index in [4.69, 9.17) is 9.72 Å². The van der Waals surface area contributed by atoms with Gasteiger partial charge in [0, 0.05) is 47.2 Å². The van der Waals surface area contributed by atoms with Crippen molar-refractivity contribution in [2.45, 2.75) is 42.4 Å². The van der Waals surface area contributed by atoms with E-state index in [2.05, 4.69) is 20.6 Å². The average molecular weight is 619 g/mol. The summed E-state index contributed by atoms with van der Waals surface area (Å²) >= 11 is 2.92. The molecule has 5 aromatic rings. The number of para-hydroxylation sites is 1.